The van der Waals surface area contributed by atoms with E-state index in [0.717, 1.165) is 12.2 Å². The van der Waals surface area contributed by atoms with Crippen molar-refractivity contribution in [3.63, 3.8) is 0 Å². The summed E-state index contributed by atoms with van der Waals surface area (Å²) in [6.07, 6.45) is 0. The van der Waals surface area contributed by atoms with Crippen LogP contribution >= 0.6 is 0 Å². The number of rotatable bonds is 3. The zero-order valence-corrected chi connectivity index (χ0v) is 11.0. The van der Waals surface area contributed by atoms with Crippen LogP contribution in [0.2, 0.25) is 0 Å². The Morgan fingerprint density at radius 3 is 2.44 bits per heavy atom. The molecule has 0 spiro atoms. The number of hydrogen-bond acceptors (Lipinski definition) is 1. The minimum Gasteiger partial charge on any atom is -0.381 e. The SMILES string of the molecule is Cc1ccc(C)c(CNc2ccc(F)c(C)c2)c1. The van der Waals surface area contributed by atoms with E-state index in [0.29, 0.717) is 5.56 Å². The Bertz CT molecular complexity index is 561. The van der Waals surface area contributed by atoms with Crippen molar-refractivity contribution in [3.8, 4) is 0 Å². The molecule has 18 heavy (non-hydrogen) atoms. The van der Waals surface area contributed by atoms with Crippen LogP contribution in [0.5, 0.6) is 0 Å². The van der Waals surface area contributed by atoms with E-state index in [-0.39, 0.29) is 5.82 Å². The van der Waals surface area contributed by atoms with Crippen LogP contribution in [0.15, 0.2) is 36.4 Å². The summed E-state index contributed by atoms with van der Waals surface area (Å²) < 4.78 is 13.2. The lowest BCUT2D eigenvalue weighted by molar-refractivity contribution is 0.618. The molecule has 0 saturated heterocycles. The fourth-order valence-electron chi connectivity index (χ4n) is 1.94. The van der Waals surface area contributed by atoms with Crippen molar-refractivity contribution in [1.29, 1.82) is 0 Å². The van der Waals surface area contributed by atoms with E-state index >= 15 is 0 Å². The molecule has 0 heterocycles. The van der Waals surface area contributed by atoms with E-state index in [1.54, 1.807) is 13.0 Å². The third-order valence-corrected chi connectivity index (χ3v) is 3.15. The van der Waals surface area contributed by atoms with E-state index in [1.807, 2.05) is 6.07 Å². The molecule has 94 valence electrons. The molecule has 2 rings (SSSR count). The summed E-state index contributed by atoms with van der Waals surface area (Å²) in [7, 11) is 0. The number of benzene rings is 2. The maximum Gasteiger partial charge on any atom is 0.126 e. The molecule has 0 unspecified atom stereocenters. The molecule has 0 aliphatic rings. The Balaban J connectivity index is 2.11. The van der Waals surface area contributed by atoms with Gasteiger partial charge in [0.2, 0.25) is 0 Å². The molecule has 2 heteroatoms. The third-order valence-electron chi connectivity index (χ3n) is 3.15. The second-order valence-corrected chi connectivity index (χ2v) is 4.75. The van der Waals surface area contributed by atoms with Crippen LogP contribution in [0.3, 0.4) is 0 Å². The molecule has 1 N–H and O–H groups in total. The van der Waals surface area contributed by atoms with Crippen molar-refractivity contribution in [2.24, 2.45) is 0 Å². The first-order chi connectivity index (χ1) is 8.56. The molecule has 0 fully saturated rings. The lowest BCUT2D eigenvalue weighted by atomic mass is 10.1. The van der Waals surface area contributed by atoms with Crippen LogP contribution in [0.4, 0.5) is 10.1 Å². The Kier molecular flexibility index (Phi) is 3.66. The van der Waals surface area contributed by atoms with Crippen molar-refractivity contribution in [2.75, 3.05) is 5.32 Å². The van der Waals surface area contributed by atoms with Gasteiger partial charge in [0, 0.05) is 12.2 Å². The van der Waals surface area contributed by atoms with Gasteiger partial charge in [-0.05, 0) is 55.7 Å². The molecule has 0 saturated carbocycles. The highest BCUT2D eigenvalue weighted by Gasteiger charge is 2.01. The lowest BCUT2D eigenvalue weighted by Gasteiger charge is -2.10. The number of aryl methyl sites for hydroxylation is 3. The Labute approximate surface area is 108 Å². The first kappa shape index (κ1) is 12.6. The molecule has 0 aliphatic carbocycles. The zero-order chi connectivity index (χ0) is 13.1. The summed E-state index contributed by atoms with van der Waals surface area (Å²) in [5.41, 5.74) is 5.42. The molecule has 1 nitrogen and oxygen atoms in total. The predicted molar refractivity (Wildman–Crippen MR) is 74.4 cm³/mol. The Morgan fingerprint density at radius 1 is 0.944 bits per heavy atom. The van der Waals surface area contributed by atoms with Gasteiger partial charge in [0.15, 0.2) is 0 Å². The minimum absolute atomic E-state index is 0.160. The second-order valence-electron chi connectivity index (χ2n) is 4.75. The molecule has 0 amide bonds. The van der Waals surface area contributed by atoms with Gasteiger partial charge in [-0.15, -0.1) is 0 Å². The van der Waals surface area contributed by atoms with Gasteiger partial charge >= 0.3 is 0 Å². The van der Waals surface area contributed by atoms with E-state index in [9.17, 15) is 4.39 Å². The third kappa shape index (κ3) is 2.89. The second kappa shape index (κ2) is 5.21. The van der Waals surface area contributed by atoms with Crippen LogP contribution in [0, 0.1) is 26.6 Å². The Hall–Kier alpha value is -1.83. The lowest BCUT2D eigenvalue weighted by Crippen LogP contribution is -2.02. The van der Waals surface area contributed by atoms with Crippen molar-refractivity contribution < 1.29 is 4.39 Å². The number of hydrogen-bond donors (Lipinski definition) is 1. The standard InChI is InChI=1S/C16H18FN/c1-11-4-5-12(2)14(8-11)10-18-15-6-7-16(17)13(3)9-15/h4-9,18H,10H2,1-3H3. The molecular weight excluding hydrogens is 225 g/mol. The van der Waals surface area contributed by atoms with Crippen molar-refractivity contribution >= 4 is 5.69 Å². The summed E-state index contributed by atoms with van der Waals surface area (Å²) in [5, 5.41) is 3.33. The summed E-state index contributed by atoms with van der Waals surface area (Å²) >= 11 is 0. The maximum absolute atomic E-state index is 13.2. The highest BCUT2D eigenvalue weighted by Crippen LogP contribution is 2.16. The van der Waals surface area contributed by atoms with Crippen LogP contribution in [-0.2, 0) is 6.54 Å². The molecule has 0 radical (unpaired) electrons. The smallest absolute Gasteiger partial charge is 0.126 e. The molecule has 0 bridgehead atoms. The molecule has 0 aliphatic heterocycles. The molecule has 0 atom stereocenters. The number of halogens is 1. The molecule has 2 aromatic carbocycles. The van der Waals surface area contributed by atoms with Crippen LogP contribution in [0.25, 0.3) is 0 Å². The monoisotopic (exact) mass is 243 g/mol. The van der Waals surface area contributed by atoms with Gasteiger partial charge in [-0.25, -0.2) is 4.39 Å². The Morgan fingerprint density at radius 2 is 1.72 bits per heavy atom. The van der Waals surface area contributed by atoms with Gasteiger partial charge in [-0.3, -0.25) is 0 Å². The highest BCUT2D eigenvalue weighted by molar-refractivity contribution is 5.47. The average molecular weight is 243 g/mol. The summed E-state index contributed by atoms with van der Waals surface area (Å²) in [6, 6.07) is 11.5. The molecular formula is C16H18FN. The average Bonchev–Trinajstić information content (AvgIpc) is 2.34. The van der Waals surface area contributed by atoms with Crippen LogP contribution < -0.4 is 5.32 Å². The van der Waals surface area contributed by atoms with E-state index in [1.165, 1.54) is 22.8 Å². The van der Waals surface area contributed by atoms with Gasteiger partial charge in [0.05, 0.1) is 0 Å². The summed E-state index contributed by atoms with van der Waals surface area (Å²) in [5.74, 6) is -0.160. The van der Waals surface area contributed by atoms with Gasteiger partial charge in [-0.2, -0.15) is 0 Å². The van der Waals surface area contributed by atoms with Crippen LogP contribution in [-0.4, -0.2) is 0 Å². The predicted octanol–water partition coefficient (Wildman–Crippen LogP) is 4.36. The van der Waals surface area contributed by atoms with Gasteiger partial charge in [0.1, 0.15) is 5.82 Å². The van der Waals surface area contributed by atoms with Crippen LogP contribution in [0.1, 0.15) is 22.3 Å². The summed E-state index contributed by atoms with van der Waals surface area (Å²) in [4.78, 5) is 0. The largest absolute Gasteiger partial charge is 0.381 e. The molecule has 2 aromatic rings. The van der Waals surface area contributed by atoms with Gasteiger partial charge in [0.25, 0.3) is 0 Å². The number of anilines is 1. The molecule has 0 aromatic heterocycles. The van der Waals surface area contributed by atoms with Crippen molar-refractivity contribution in [1.82, 2.24) is 0 Å². The zero-order valence-electron chi connectivity index (χ0n) is 11.0. The van der Waals surface area contributed by atoms with E-state index < -0.39 is 0 Å². The highest BCUT2D eigenvalue weighted by atomic mass is 19.1. The van der Waals surface area contributed by atoms with Gasteiger partial charge < -0.3 is 5.32 Å². The van der Waals surface area contributed by atoms with Gasteiger partial charge in [-0.1, -0.05) is 23.8 Å². The first-order valence-corrected chi connectivity index (χ1v) is 6.12. The van der Waals surface area contributed by atoms with Crippen molar-refractivity contribution in [2.45, 2.75) is 27.3 Å². The number of nitrogens with one attached hydrogen (secondary N) is 1. The normalized spacial score (nSPS) is 10.4. The van der Waals surface area contributed by atoms with E-state index in [2.05, 4.69) is 37.4 Å². The summed E-state index contributed by atoms with van der Waals surface area (Å²) in [6.45, 7) is 6.73. The first-order valence-electron chi connectivity index (χ1n) is 6.12. The quantitative estimate of drug-likeness (QED) is 0.844. The van der Waals surface area contributed by atoms with Crippen molar-refractivity contribution in [3.05, 3.63) is 64.5 Å². The minimum atomic E-state index is -0.160. The topological polar surface area (TPSA) is 12.0 Å². The maximum atomic E-state index is 13.2. The van der Waals surface area contributed by atoms with E-state index in [4.69, 9.17) is 0 Å². The fraction of sp³-hybridized carbons (Fsp3) is 0.250. The fourth-order valence-corrected chi connectivity index (χ4v) is 1.94.